The van der Waals surface area contributed by atoms with Gasteiger partial charge in [-0.15, -0.1) is 0 Å². The van der Waals surface area contributed by atoms with Gasteiger partial charge >= 0.3 is 5.97 Å². The third-order valence-electron chi connectivity index (χ3n) is 3.71. The summed E-state index contributed by atoms with van der Waals surface area (Å²) >= 11 is 0. The largest absolute Gasteiger partial charge is 0.480 e. The average Bonchev–Trinajstić information content (AvgIpc) is 3.30. The Balaban J connectivity index is 2.13. The molecule has 2 rings (SSSR count). The summed E-state index contributed by atoms with van der Waals surface area (Å²) in [4.78, 5) is 29.3. The van der Waals surface area contributed by atoms with Crippen molar-refractivity contribution in [1.29, 1.82) is 0 Å². The van der Waals surface area contributed by atoms with Crippen LogP contribution in [0.4, 0.5) is 5.69 Å². The summed E-state index contributed by atoms with van der Waals surface area (Å²) in [6, 6.07) is 2.72. The second kappa shape index (κ2) is 6.56. The molecular weight excluding hydrogens is 270 g/mol. The van der Waals surface area contributed by atoms with Crippen molar-refractivity contribution in [3.05, 3.63) is 24.0 Å². The van der Waals surface area contributed by atoms with E-state index in [-0.39, 0.29) is 11.8 Å². The van der Waals surface area contributed by atoms with E-state index >= 15 is 0 Å². The number of carbonyl (C=O) groups excluding carboxylic acids is 1. The SMILES string of the molecule is CCN(CC)C(=O)c1cc(NC(C(=O)O)C2CC2)ccn1. The Morgan fingerprint density at radius 3 is 2.62 bits per heavy atom. The van der Waals surface area contributed by atoms with Crippen molar-refractivity contribution in [2.45, 2.75) is 32.7 Å². The lowest BCUT2D eigenvalue weighted by atomic mass is 10.1. The van der Waals surface area contributed by atoms with Crippen LogP contribution in [0.25, 0.3) is 0 Å². The van der Waals surface area contributed by atoms with Crippen LogP contribution in [-0.2, 0) is 4.79 Å². The smallest absolute Gasteiger partial charge is 0.326 e. The van der Waals surface area contributed by atoms with Crippen molar-refractivity contribution < 1.29 is 14.7 Å². The molecule has 0 aliphatic heterocycles. The van der Waals surface area contributed by atoms with Crippen LogP contribution in [0.15, 0.2) is 18.3 Å². The predicted octanol–water partition coefficient (Wildman–Crippen LogP) is 1.84. The van der Waals surface area contributed by atoms with E-state index in [4.69, 9.17) is 0 Å². The van der Waals surface area contributed by atoms with Crippen LogP contribution >= 0.6 is 0 Å². The summed E-state index contributed by atoms with van der Waals surface area (Å²) in [6.07, 6.45) is 3.39. The molecule has 6 heteroatoms. The van der Waals surface area contributed by atoms with E-state index in [9.17, 15) is 14.7 Å². The fourth-order valence-corrected chi connectivity index (χ4v) is 2.30. The van der Waals surface area contributed by atoms with Crippen molar-refractivity contribution in [3.8, 4) is 0 Å². The molecule has 1 aliphatic rings. The highest BCUT2D eigenvalue weighted by Gasteiger charge is 2.36. The molecule has 21 heavy (non-hydrogen) atoms. The number of carbonyl (C=O) groups is 2. The van der Waals surface area contributed by atoms with E-state index < -0.39 is 12.0 Å². The summed E-state index contributed by atoms with van der Waals surface area (Å²) in [6.45, 7) is 5.07. The van der Waals surface area contributed by atoms with Gasteiger partial charge in [0.25, 0.3) is 5.91 Å². The number of carboxylic acids is 1. The maximum atomic E-state index is 12.2. The molecule has 1 unspecified atom stereocenters. The molecule has 1 atom stereocenters. The average molecular weight is 291 g/mol. The number of carboxylic acid groups (broad SMARTS) is 1. The zero-order valence-electron chi connectivity index (χ0n) is 12.4. The number of aliphatic carboxylic acids is 1. The van der Waals surface area contributed by atoms with Gasteiger partial charge in [-0.2, -0.15) is 0 Å². The van der Waals surface area contributed by atoms with Crippen LogP contribution < -0.4 is 5.32 Å². The molecule has 2 N–H and O–H groups in total. The second-order valence-electron chi connectivity index (χ2n) is 5.20. The second-order valence-corrected chi connectivity index (χ2v) is 5.20. The summed E-state index contributed by atoms with van der Waals surface area (Å²) in [5, 5.41) is 12.2. The molecule has 114 valence electrons. The monoisotopic (exact) mass is 291 g/mol. The van der Waals surface area contributed by atoms with Crippen molar-refractivity contribution in [2.75, 3.05) is 18.4 Å². The Hall–Kier alpha value is -2.11. The highest BCUT2D eigenvalue weighted by molar-refractivity contribution is 5.93. The third-order valence-corrected chi connectivity index (χ3v) is 3.71. The lowest BCUT2D eigenvalue weighted by Gasteiger charge is -2.19. The van der Waals surface area contributed by atoms with Gasteiger partial charge in [-0.1, -0.05) is 0 Å². The highest BCUT2D eigenvalue weighted by atomic mass is 16.4. The third kappa shape index (κ3) is 3.71. The van der Waals surface area contributed by atoms with E-state index in [0.717, 1.165) is 12.8 Å². The van der Waals surface area contributed by atoms with Gasteiger partial charge in [0.05, 0.1) is 0 Å². The maximum absolute atomic E-state index is 12.2. The van der Waals surface area contributed by atoms with Gasteiger partial charge < -0.3 is 15.3 Å². The number of nitrogens with zero attached hydrogens (tertiary/aromatic N) is 2. The number of rotatable bonds is 7. The van der Waals surface area contributed by atoms with Crippen molar-refractivity contribution in [1.82, 2.24) is 9.88 Å². The van der Waals surface area contributed by atoms with Gasteiger partial charge in [-0.05, 0) is 44.7 Å². The van der Waals surface area contributed by atoms with Crippen molar-refractivity contribution in [2.24, 2.45) is 5.92 Å². The van der Waals surface area contributed by atoms with E-state index in [1.165, 1.54) is 6.20 Å². The molecule has 0 aromatic carbocycles. The number of anilines is 1. The standard InChI is InChI=1S/C15H21N3O3/c1-3-18(4-2)14(19)12-9-11(7-8-16-12)17-13(15(20)21)10-5-6-10/h7-10,13H,3-6H2,1-2H3,(H,16,17)(H,20,21). The van der Waals surface area contributed by atoms with E-state index in [1.54, 1.807) is 17.0 Å². The summed E-state index contributed by atoms with van der Waals surface area (Å²) in [5.41, 5.74) is 0.962. The van der Waals surface area contributed by atoms with Crippen molar-refractivity contribution in [3.63, 3.8) is 0 Å². The Labute approximate surface area is 124 Å². The molecule has 0 spiro atoms. The Morgan fingerprint density at radius 1 is 1.43 bits per heavy atom. The van der Waals surface area contributed by atoms with E-state index in [1.807, 2.05) is 13.8 Å². The van der Waals surface area contributed by atoms with Crippen LogP contribution in [-0.4, -0.2) is 46.0 Å². The predicted molar refractivity (Wildman–Crippen MR) is 79.3 cm³/mol. The van der Waals surface area contributed by atoms with E-state index in [0.29, 0.717) is 24.5 Å². The quantitative estimate of drug-likeness (QED) is 0.801. The molecule has 1 aliphatic carbocycles. The molecule has 0 saturated heterocycles. The van der Waals surface area contributed by atoms with Crippen LogP contribution in [0.1, 0.15) is 37.2 Å². The topological polar surface area (TPSA) is 82.5 Å². The first-order valence-corrected chi connectivity index (χ1v) is 7.31. The highest BCUT2D eigenvalue weighted by Crippen LogP contribution is 2.34. The number of amides is 1. The lowest BCUT2D eigenvalue weighted by Crippen LogP contribution is -2.32. The first-order chi connectivity index (χ1) is 10.1. The number of nitrogens with one attached hydrogen (secondary N) is 1. The zero-order chi connectivity index (χ0) is 15.4. The Morgan fingerprint density at radius 2 is 2.10 bits per heavy atom. The number of pyridine rings is 1. The molecule has 0 radical (unpaired) electrons. The zero-order valence-corrected chi connectivity index (χ0v) is 12.4. The van der Waals surface area contributed by atoms with Gasteiger partial charge in [-0.3, -0.25) is 9.78 Å². The van der Waals surface area contributed by atoms with Crippen LogP contribution in [0, 0.1) is 5.92 Å². The van der Waals surface area contributed by atoms with Crippen LogP contribution in [0.3, 0.4) is 0 Å². The van der Waals surface area contributed by atoms with Crippen LogP contribution in [0.5, 0.6) is 0 Å². The van der Waals surface area contributed by atoms with Crippen LogP contribution in [0.2, 0.25) is 0 Å². The summed E-state index contributed by atoms with van der Waals surface area (Å²) in [5.74, 6) is -0.814. The molecule has 1 amide bonds. The fourth-order valence-electron chi connectivity index (χ4n) is 2.30. The molecular formula is C15H21N3O3. The molecule has 6 nitrogen and oxygen atoms in total. The lowest BCUT2D eigenvalue weighted by molar-refractivity contribution is -0.138. The van der Waals surface area contributed by atoms with Gasteiger partial charge in [0.15, 0.2) is 0 Å². The Bertz CT molecular complexity index is 525. The number of hydrogen-bond acceptors (Lipinski definition) is 4. The summed E-state index contributed by atoms with van der Waals surface area (Å²) in [7, 11) is 0. The summed E-state index contributed by atoms with van der Waals surface area (Å²) < 4.78 is 0. The molecule has 1 fully saturated rings. The molecule has 1 saturated carbocycles. The Kier molecular flexibility index (Phi) is 4.77. The minimum atomic E-state index is -0.856. The van der Waals surface area contributed by atoms with Gasteiger partial charge in [0.1, 0.15) is 11.7 Å². The maximum Gasteiger partial charge on any atom is 0.326 e. The normalized spacial score (nSPS) is 15.3. The fraction of sp³-hybridized carbons (Fsp3) is 0.533. The molecule has 1 aromatic heterocycles. The molecule has 1 heterocycles. The van der Waals surface area contributed by atoms with Crippen molar-refractivity contribution >= 4 is 17.6 Å². The first-order valence-electron chi connectivity index (χ1n) is 7.31. The van der Waals surface area contributed by atoms with Gasteiger partial charge in [0, 0.05) is 25.0 Å². The molecule has 0 bridgehead atoms. The minimum Gasteiger partial charge on any atom is -0.480 e. The first kappa shape index (κ1) is 15.3. The van der Waals surface area contributed by atoms with Gasteiger partial charge in [-0.25, -0.2) is 4.79 Å². The molecule has 1 aromatic rings. The minimum absolute atomic E-state index is 0.137. The van der Waals surface area contributed by atoms with E-state index in [2.05, 4.69) is 10.3 Å². The number of hydrogen-bond donors (Lipinski definition) is 2. The van der Waals surface area contributed by atoms with Gasteiger partial charge in [0.2, 0.25) is 0 Å². The number of aromatic nitrogens is 1.